The Morgan fingerprint density at radius 3 is 1.40 bits per heavy atom. The molecule has 0 heterocycles. The van der Waals surface area contributed by atoms with E-state index in [4.69, 9.17) is 19.7 Å². The summed E-state index contributed by atoms with van der Waals surface area (Å²) in [6.07, 6.45) is 13.9. The highest BCUT2D eigenvalue weighted by molar-refractivity contribution is 5.87. The number of Topliss-reactive ketones (excluding diaryl/α,β-unsaturated/α-hetero) is 1. The number of nitrogens with one attached hydrogen (secondary N) is 3. The molecule has 1 atom stereocenters. The smallest absolute Gasteiger partial charge is 0.326 e. The maximum atomic E-state index is 11.9. The van der Waals surface area contributed by atoms with Gasteiger partial charge in [0.2, 0.25) is 17.7 Å². The number of hydrogen-bond donors (Lipinski definition) is 5. The summed E-state index contributed by atoms with van der Waals surface area (Å²) in [5, 5.41) is 25.5. The molecule has 13 nitrogen and oxygen atoms in total. The van der Waals surface area contributed by atoms with Gasteiger partial charge in [-0.1, -0.05) is 64.2 Å². The number of rotatable bonds is 32. The van der Waals surface area contributed by atoms with Crippen molar-refractivity contribution in [3.8, 4) is 0 Å². The fourth-order valence-electron chi connectivity index (χ4n) is 4.45. The van der Waals surface area contributed by atoms with Gasteiger partial charge in [-0.15, -0.1) is 0 Å². The minimum absolute atomic E-state index is 0.00339. The lowest BCUT2D eigenvalue weighted by atomic mass is 10.0. The van der Waals surface area contributed by atoms with Gasteiger partial charge in [0.1, 0.15) is 11.8 Å². The maximum absolute atomic E-state index is 11.9. The van der Waals surface area contributed by atoms with Crippen LogP contribution in [0.2, 0.25) is 0 Å². The predicted molar refractivity (Wildman–Crippen MR) is 169 cm³/mol. The first kappa shape index (κ1) is 41.9. The van der Waals surface area contributed by atoms with Crippen molar-refractivity contribution in [3.63, 3.8) is 0 Å². The lowest BCUT2D eigenvalue weighted by Crippen LogP contribution is -2.41. The van der Waals surface area contributed by atoms with Gasteiger partial charge in [0, 0.05) is 45.2 Å². The molecule has 0 aromatic rings. The fourth-order valence-corrected chi connectivity index (χ4v) is 4.45. The average molecular weight is 644 g/mol. The second-order valence-corrected chi connectivity index (χ2v) is 11.3. The first-order valence-electron chi connectivity index (χ1n) is 16.5. The molecule has 0 aromatic carbocycles. The van der Waals surface area contributed by atoms with Crippen molar-refractivity contribution in [2.24, 2.45) is 0 Å². The molecule has 0 saturated carbocycles. The highest BCUT2D eigenvalue weighted by atomic mass is 16.5. The van der Waals surface area contributed by atoms with Crippen LogP contribution in [0.4, 0.5) is 0 Å². The van der Waals surface area contributed by atoms with Gasteiger partial charge in [0.15, 0.2) is 0 Å². The van der Waals surface area contributed by atoms with Crippen LogP contribution in [-0.2, 0) is 38.2 Å². The summed E-state index contributed by atoms with van der Waals surface area (Å²) in [6, 6.07) is -1.16. The summed E-state index contributed by atoms with van der Waals surface area (Å²) in [5.74, 6) is -3.00. The van der Waals surface area contributed by atoms with E-state index in [1.165, 1.54) is 45.4 Å². The molecule has 13 heteroatoms. The minimum Gasteiger partial charge on any atom is -0.481 e. The molecule has 0 aliphatic carbocycles. The Hall–Kier alpha value is -3.06. The second kappa shape index (κ2) is 29.6. The van der Waals surface area contributed by atoms with Gasteiger partial charge in [-0.3, -0.25) is 19.2 Å². The molecule has 0 radical (unpaired) electrons. The van der Waals surface area contributed by atoms with E-state index in [2.05, 4.69) is 16.0 Å². The summed E-state index contributed by atoms with van der Waals surface area (Å²) in [7, 11) is 0. The van der Waals surface area contributed by atoms with Crippen molar-refractivity contribution in [2.75, 3.05) is 39.5 Å². The molecular weight excluding hydrogens is 586 g/mol. The number of ether oxygens (including phenoxy) is 2. The zero-order valence-electron chi connectivity index (χ0n) is 27.2. The average Bonchev–Trinajstić information content (AvgIpc) is 2.98. The van der Waals surface area contributed by atoms with Crippen molar-refractivity contribution < 1.29 is 48.5 Å². The van der Waals surface area contributed by atoms with E-state index >= 15 is 0 Å². The Bertz CT molecular complexity index is 853. The van der Waals surface area contributed by atoms with Crippen molar-refractivity contribution in [2.45, 2.75) is 129 Å². The van der Waals surface area contributed by atoms with E-state index < -0.39 is 23.9 Å². The molecule has 0 rings (SSSR count). The molecular formula is C32H57N3O10. The van der Waals surface area contributed by atoms with E-state index in [0.29, 0.717) is 32.8 Å². The van der Waals surface area contributed by atoms with Crippen LogP contribution in [0, 0.1) is 0 Å². The normalized spacial score (nSPS) is 11.5. The first-order valence-corrected chi connectivity index (χ1v) is 16.5. The fraction of sp³-hybridized carbons (Fsp3) is 0.812. The Morgan fingerprint density at radius 2 is 0.956 bits per heavy atom. The monoisotopic (exact) mass is 643 g/mol. The summed E-state index contributed by atoms with van der Waals surface area (Å²) in [6.45, 7) is 3.37. The highest BCUT2D eigenvalue weighted by Crippen LogP contribution is 2.13. The molecule has 0 aromatic heterocycles. The number of ketones is 1. The number of hydrogen-bond acceptors (Lipinski definition) is 8. The van der Waals surface area contributed by atoms with Crippen LogP contribution in [0.25, 0.3) is 0 Å². The van der Waals surface area contributed by atoms with Crippen molar-refractivity contribution >= 4 is 35.4 Å². The Kier molecular flexibility index (Phi) is 27.6. The van der Waals surface area contributed by atoms with Gasteiger partial charge in [-0.2, -0.15) is 0 Å². The van der Waals surface area contributed by atoms with Gasteiger partial charge in [0.05, 0.1) is 26.4 Å². The van der Waals surface area contributed by atoms with Gasteiger partial charge >= 0.3 is 11.9 Å². The summed E-state index contributed by atoms with van der Waals surface area (Å²) < 4.78 is 10.8. The van der Waals surface area contributed by atoms with E-state index in [1.807, 2.05) is 0 Å². The third-order valence-electron chi connectivity index (χ3n) is 7.05. The molecule has 3 amide bonds. The van der Waals surface area contributed by atoms with Crippen LogP contribution in [0.3, 0.4) is 0 Å². The van der Waals surface area contributed by atoms with Crippen LogP contribution < -0.4 is 16.0 Å². The van der Waals surface area contributed by atoms with Crippen LogP contribution in [0.15, 0.2) is 0 Å². The highest BCUT2D eigenvalue weighted by Gasteiger charge is 2.20. The zero-order chi connectivity index (χ0) is 33.5. The molecule has 45 heavy (non-hydrogen) atoms. The standard InChI is InChI=1S/C32H57N3O10/c1-26(36)16-17-27(32(42)43)35-30(39)19-18-29(38)34-21-23-45-25-24-44-22-20-33-28(37)14-12-10-8-6-4-2-3-5-7-9-11-13-15-31(40)41/h27H,2-25H2,1H3,(H,33,37)(H,34,38)(H,35,39)(H,40,41)(H,42,43)/t27-/m0/s1. The maximum Gasteiger partial charge on any atom is 0.326 e. The van der Waals surface area contributed by atoms with Crippen molar-refractivity contribution in [1.29, 1.82) is 0 Å². The van der Waals surface area contributed by atoms with Crippen LogP contribution in [0.5, 0.6) is 0 Å². The lowest BCUT2D eigenvalue weighted by molar-refractivity contribution is -0.142. The van der Waals surface area contributed by atoms with Gasteiger partial charge in [0.25, 0.3) is 0 Å². The van der Waals surface area contributed by atoms with Gasteiger partial charge in [-0.05, 0) is 26.2 Å². The third-order valence-corrected chi connectivity index (χ3v) is 7.05. The molecule has 0 saturated heterocycles. The molecule has 5 N–H and O–H groups in total. The largest absolute Gasteiger partial charge is 0.481 e. The van der Waals surface area contributed by atoms with E-state index in [-0.39, 0.29) is 62.9 Å². The van der Waals surface area contributed by atoms with Crippen LogP contribution in [-0.4, -0.2) is 91.2 Å². The number of aliphatic carboxylic acids is 2. The summed E-state index contributed by atoms with van der Waals surface area (Å²) in [4.78, 5) is 68.4. The summed E-state index contributed by atoms with van der Waals surface area (Å²) in [5.41, 5.74) is 0. The zero-order valence-corrected chi connectivity index (χ0v) is 27.2. The van der Waals surface area contributed by atoms with Gasteiger partial charge in [-0.25, -0.2) is 4.79 Å². The Morgan fingerprint density at radius 1 is 0.533 bits per heavy atom. The first-order chi connectivity index (χ1) is 21.6. The predicted octanol–water partition coefficient (Wildman–Crippen LogP) is 3.52. The van der Waals surface area contributed by atoms with Gasteiger partial charge < -0.3 is 40.4 Å². The number of amides is 3. The SMILES string of the molecule is CC(=O)CC[C@H](NC(=O)CCC(=O)NCCOCCOCCNC(=O)CCCCCCCCCCCCCCC(=O)O)C(=O)O. The molecule has 0 aliphatic heterocycles. The number of carboxylic acids is 2. The third kappa shape index (κ3) is 30.7. The van der Waals surface area contributed by atoms with Crippen LogP contribution in [0.1, 0.15) is 122 Å². The van der Waals surface area contributed by atoms with Crippen LogP contribution >= 0.6 is 0 Å². The Balaban J connectivity index is 3.47. The number of carboxylic acid groups (broad SMARTS) is 2. The quantitative estimate of drug-likeness (QED) is 0.0676. The topological polar surface area (TPSA) is 197 Å². The van der Waals surface area contributed by atoms with E-state index in [9.17, 15) is 28.8 Å². The lowest BCUT2D eigenvalue weighted by Gasteiger charge is -2.13. The molecule has 0 spiro atoms. The van der Waals surface area contributed by atoms with Crippen molar-refractivity contribution in [3.05, 3.63) is 0 Å². The Labute approximate surface area is 267 Å². The minimum atomic E-state index is -1.23. The molecule has 0 bridgehead atoms. The number of carbonyl (C=O) groups excluding carboxylic acids is 4. The number of unbranched alkanes of at least 4 members (excludes halogenated alkanes) is 11. The molecule has 0 unspecified atom stereocenters. The van der Waals surface area contributed by atoms with E-state index in [1.54, 1.807) is 0 Å². The second-order valence-electron chi connectivity index (χ2n) is 11.3. The number of carbonyl (C=O) groups is 6. The molecule has 0 fully saturated rings. The molecule has 260 valence electrons. The molecule has 0 aliphatic rings. The summed E-state index contributed by atoms with van der Waals surface area (Å²) >= 11 is 0. The van der Waals surface area contributed by atoms with Crippen molar-refractivity contribution in [1.82, 2.24) is 16.0 Å². The van der Waals surface area contributed by atoms with E-state index in [0.717, 1.165) is 38.5 Å².